The summed E-state index contributed by atoms with van der Waals surface area (Å²) in [6, 6.07) is 12.8. The molecule has 1 fully saturated rings. The van der Waals surface area contributed by atoms with Gasteiger partial charge in [0.25, 0.3) is 0 Å². The van der Waals surface area contributed by atoms with Crippen LogP contribution in [0.3, 0.4) is 0 Å². The number of hydrogen-bond acceptors (Lipinski definition) is 4. The van der Waals surface area contributed by atoms with Crippen molar-refractivity contribution in [3.05, 3.63) is 59.4 Å². The van der Waals surface area contributed by atoms with E-state index in [9.17, 15) is 9.18 Å². The molecule has 1 amide bonds. The van der Waals surface area contributed by atoms with E-state index in [-0.39, 0.29) is 17.8 Å². The van der Waals surface area contributed by atoms with Gasteiger partial charge in [0.1, 0.15) is 18.0 Å². The highest BCUT2D eigenvalue weighted by Gasteiger charge is 2.30. The molecule has 2 aromatic rings. The summed E-state index contributed by atoms with van der Waals surface area (Å²) in [6.07, 6.45) is -0.691. The zero-order chi connectivity index (χ0) is 19.9. The first kappa shape index (κ1) is 20.5. The monoisotopic (exact) mass is 386 g/mol. The molecule has 150 valence electrons. The summed E-state index contributed by atoms with van der Waals surface area (Å²) in [5, 5.41) is 6.03. The van der Waals surface area contributed by atoms with Gasteiger partial charge in [0, 0.05) is 32.1 Å². The van der Waals surface area contributed by atoms with Crippen molar-refractivity contribution in [3.8, 4) is 11.1 Å². The van der Waals surface area contributed by atoms with Gasteiger partial charge in [-0.05, 0) is 24.1 Å². The number of nitrogens with one attached hydrogen (secondary N) is 2. The Bertz CT molecular complexity index is 806. The fourth-order valence-electron chi connectivity index (χ4n) is 3.47. The second kappa shape index (κ2) is 9.78. The topological polar surface area (TPSA) is 59.6 Å². The molecular formula is C22H27FN2O3. The molecule has 2 atom stereocenters. The third kappa shape index (κ3) is 5.16. The minimum atomic E-state index is -0.451. The molecule has 2 aromatic carbocycles. The van der Waals surface area contributed by atoms with Gasteiger partial charge in [-0.3, -0.25) is 4.79 Å². The van der Waals surface area contributed by atoms with E-state index in [1.54, 1.807) is 6.07 Å². The Morgan fingerprint density at radius 1 is 1.36 bits per heavy atom. The maximum Gasteiger partial charge on any atom is 0.216 e. The summed E-state index contributed by atoms with van der Waals surface area (Å²) in [6.45, 7) is 6.13. The molecule has 1 unspecified atom stereocenters. The van der Waals surface area contributed by atoms with Crippen LogP contribution in [-0.2, 0) is 14.3 Å². The van der Waals surface area contributed by atoms with E-state index in [4.69, 9.17) is 9.47 Å². The van der Waals surface area contributed by atoms with Gasteiger partial charge >= 0.3 is 0 Å². The van der Waals surface area contributed by atoms with Crippen molar-refractivity contribution in [3.63, 3.8) is 0 Å². The standard InChI is InChI=1S/C22H27FN2O3/c1-15-5-3-6-17(13-15)21-18(7-4-8-19(21)23)22(20-14-24-9-11-27-20)28-12-10-25-16(2)26/h3-8,13,20,22,24H,9-12,14H2,1-2H3,(H,25,26)/t20-,22?/m1/s1. The molecule has 0 radical (unpaired) electrons. The summed E-state index contributed by atoms with van der Waals surface area (Å²) in [5.41, 5.74) is 3.16. The number of carbonyl (C=O) groups excluding carboxylic acids is 1. The molecule has 1 aliphatic rings. The SMILES string of the molecule is CC(=O)NCCOC(c1cccc(F)c1-c1cccc(C)c1)[C@H]1CNCCO1. The summed E-state index contributed by atoms with van der Waals surface area (Å²) in [4.78, 5) is 11.1. The van der Waals surface area contributed by atoms with E-state index < -0.39 is 6.10 Å². The Morgan fingerprint density at radius 2 is 2.18 bits per heavy atom. The molecule has 1 heterocycles. The fraction of sp³-hybridized carbons (Fsp3) is 0.409. The average molecular weight is 386 g/mol. The second-order valence-corrected chi connectivity index (χ2v) is 6.96. The third-order valence-corrected chi connectivity index (χ3v) is 4.73. The van der Waals surface area contributed by atoms with Gasteiger partial charge in [-0.15, -0.1) is 0 Å². The van der Waals surface area contributed by atoms with E-state index >= 15 is 0 Å². The fourth-order valence-corrected chi connectivity index (χ4v) is 3.47. The van der Waals surface area contributed by atoms with Crippen LogP contribution in [0.2, 0.25) is 0 Å². The van der Waals surface area contributed by atoms with Gasteiger partial charge in [0.15, 0.2) is 0 Å². The summed E-state index contributed by atoms with van der Waals surface area (Å²) < 4.78 is 27.0. The largest absolute Gasteiger partial charge is 0.372 e. The highest BCUT2D eigenvalue weighted by Crippen LogP contribution is 2.35. The maximum absolute atomic E-state index is 14.9. The lowest BCUT2D eigenvalue weighted by Gasteiger charge is -2.32. The minimum absolute atomic E-state index is 0.109. The van der Waals surface area contributed by atoms with Crippen LogP contribution in [0.25, 0.3) is 11.1 Å². The van der Waals surface area contributed by atoms with Gasteiger partial charge in [0.2, 0.25) is 5.91 Å². The zero-order valence-corrected chi connectivity index (χ0v) is 16.3. The molecule has 1 aliphatic heterocycles. The molecule has 5 nitrogen and oxygen atoms in total. The van der Waals surface area contributed by atoms with Gasteiger partial charge in [-0.1, -0.05) is 42.0 Å². The molecule has 28 heavy (non-hydrogen) atoms. The number of benzene rings is 2. The van der Waals surface area contributed by atoms with Crippen LogP contribution in [0.15, 0.2) is 42.5 Å². The Hall–Kier alpha value is -2.28. The highest BCUT2D eigenvalue weighted by atomic mass is 19.1. The van der Waals surface area contributed by atoms with Crippen molar-refractivity contribution in [2.45, 2.75) is 26.1 Å². The smallest absolute Gasteiger partial charge is 0.216 e. The minimum Gasteiger partial charge on any atom is -0.372 e. The molecule has 1 saturated heterocycles. The van der Waals surface area contributed by atoms with Crippen LogP contribution < -0.4 is 10.6 Å². The summed E-state index contributed by atoms with van der Waals surface area (Å²) in [5.74, 6) is -0.399. The van der Waals surface area contributed by atoms with Crippen molar-refractivity contribution >= 4 is 5.91 Å². The molecule has 0 saturated carbocycles. The first-order valence-corrected chi connectivity index (χ1v) is 9.60. The number of ether oxygens (including phenoxy) is 2. The number of morpholine rings is 1. The maximum atomic E-state index is 14.9. The molecule has 0 aliphatic carbocycles. The Morgan fingerprint density at radius 3 is 2.89 bits per heavy atom. The van der Waals surface area contributed by atoms with Crippen LogP contribution in [-0.4, -0.2) is 44.9 Å². The molecule has 0 spiro atoms. The normalized spacial score (nSPS) is 17.9. The van der Waals surface area contributed by atoms with Crippen molar-refractivity contribution in [1.82, 2.24) is 10.6 Å². The molecule has 6 heteroatoms. The van der Waals surface area contributed by atoms with Gasteiger partial charge in [-0.25, -0.2) is 4.39 Å². The lowest BCUT2D eigenvalue weighted by Crippen LogP contribution is -2.43. The van der Waals surface area contributed by atoms with Crippen LogP contribution in [0.1, 0.15) is 24.2 Å². The Labute approximate surface area is 165 Å². The van der Waals surface area contributed by atoms with Crippen molar-refractivity contribution < 1.29 is 18.7 Å². The average Bonchev–Trinajstić information content (AvgIpc) is 2.68. The molecule has 3 rings (SSSR count). The van der Waals surface area contributed by atoms with Gasteiger partial charge in [-0.2, -0.15) is 0 Å². The predicted molar refractivity (Wildman–Crippen MR) is 107 cm³/mol. The summed E-state index contributed by atoms with van der Waals surface area (Å²) in [7, 11) is 0. The van der Waals surface area contributed by atoms with Gasteiger partial charge in [0.05, 0.1) is 13.2 Å². The first-order chi connectivity index (χ1) is 13.6. The number of amides is 1. The van der Waals surface area contributed by atoms with E-state index in [1.165, 1.54) is 13.0 Å². The molecule has 0 aromatic heterocycles. The molecule has 2 N–H and O–H groups in total. The number of rotatable bonds is 7. The summed E-state index contributed by atoms with van der Waals surface area (Å²) >= 11 is 0. The second-order valence-electron chi connectivity index (χ2n) is 6.96. The lowest BCUT2D eigenvalue weighted by atomic mass is 9.92. The van der Waals surface area contributed by atoms with Crippen molar-refractivity contribution in [2.75, 3.05) is 32.8 Å². The molecular weight excluding hydrogens is 359 g/mol. The van der Waals surface area contributed by atoms with E-state index in [0.717, 1.165) is 23.2 Å². The van der Waals surface area contributed by atoms with Gasteiger partial charge < -0.3 is 20.1 Å². The number of carbonyl (C=O) groups is 1. The number of hydrogen-bond donors (Lipinski definition) is 2. The first-order valence-electron chi connectivity index (χ1n) is 9.60. The zero-order valence-electron chi connectivity index (χ0n) is 16.3. The van der Waals surface area contributed by atoms with Crippen LogP contribution >= 0.6 is 0 Å². The van der Waals surface area contributed by atoms with E-state index in [2.05, 4.69) is 10.6 Å². The van der Waals surface area contributed by atoms with E-state index in [1.807, 2.05) is 37.3 Å². The Kier molecular flexibility index (Phi) is 7.14. The van der Waals surface area contributed by atoms with Crippen LogP contribution in [0, 0.1) is 12.7 Å². The third-order valence-electron chi connectivity index (χ3n) is 4.73. The van der Waals surface area contributed by atoms with Crippen LogP contribution in [0.4, 0.5) is 4.39 Å². The number of halogens is 1. The van der Waals surface area contributed by atoms with Crippen molar-refractivity contribution in [2.24, 2.45) is 0 Å². The lowest BCUT2D eigenvalue weighted by molar-refractivity contribution is -0.119. The highest BCUT2D eigenvalue weighted by molar-refractivity contribution is 5.72. The van der Waals surface area contributed by atoms with Crippen molar-refractivity contribution in [1.29, 1.82) is 0 Å². The molecule has 0 bridgehead atoms. The number of aryl methyl sites for hydroxylation is 1. The Balaban J connectivity index is 1.94. The van der Waals surface area contributed by atoms with E-state index in [0.29, 0.717) is 31.9 Å². The quantitative estimate of drug-likeness (QED) is 0.719. The van der Waals surface area contributed by atoms with Crippen LogP contribution in [0.5, 0.6) is 0 Å². The predicted octanol–water partition coefficient (Wildman–Crippen LogP) is 2.98.